The van der Waals surface area contributed by atoms with Crippen LogP contribution in [0.5, 0.6) is 0 Å². The average molecular weight is 203 g/mol. The molecule has 0 aliphatic carbocycles. The lowest BCUT2D eigenvalue weighted by atomic mass is 9.78. The Morgan fingerprint density at radius 3 is 2.87 bits per heavy atom. The Balaban J connectivity index is 2.33. The number of nitrogens with zero attached hydrogens (tertiary/aromatic N) is 3. The molecule has 2 rings (SSSR count). The van der Waals surface area contributed by atoms with Gasteiger partial charge < -0.3 is 0 Å². The molecule has 0 saturated heterocycles. The van der Waals surface area contributed by atoms with Gasteiger partial charge in [-0.3, -0.25) is 9.98 Å². The molecule has 2 unspecified atom stereocenters. The fourth-order valence-electron chi connectivity index (χ4n) is 1.87. The fraction of sp³-hybridized carbons (Fsp3) is 0.583. The molecule has 0 spiro atoms. The van der Waals surface area contributed by atoms with E-state index in [2.05, 4.69) is 41.8 Å². The maximum atomic E-state index is 4.49. The summed E-state index contributed by atoms with van der Waals surface area (Å²) in [4.78, 5) is 13.3. The Hall–Kier alpha value is -1.25. The second-order valence-electron chi connectivity index (χ2n) is 4.63. The minimum Gasteiger partial charge on any atom is -0.281 e. The molecule has 3 heteroatoms. The van der Waals surface area contributed by atoms with Crippen molar-refractivity contribution in [2.45, 2.75) is 39.3 Å². The maximum absolute atomic E-state index is 4.49. The van der Waals surface area contributed by atoms with Gasteiger partial charge in [-0.2, -0.15) is 0 Å². The summed E-state index contributed by atoms with van der Waals surface area (Å²) in [6, 6.07) is 0.281. The van der Waals surface area contributed by atoms with Crippen LogP contribution in [0.3, 0.4) is 0 Å². The number of rotatable bonds is 2. The van der Waals surface area contributed by atoms with Crippen LogP contribution in [0.4, 0.5) is 0 Å². The number of fused-ring (bicyclic) bond motifs is 1. The standard InChI is InChI=1S/C12H17N3/c1-4-12(2,3)11-10-9(14-8-15-11)6-5-7-13-10/h5-10H,4H2,1-3H3. The van der Waals surface area contributed by atoms with Crippen molar-refractivity contribution in [3.05, 3.63) is 12.2 Å². The first-order valence-electron chi connectivity index (χ1n) is 5.45. The van der Waals surface area contributed by atoms with Gasteiger partial charge in [-0.05, 0) is 12.5 Å². The molecule has 0 aromatic carbocycles. The van der Waals surface area contributed by atoms with Crippen molar-refractivity contribution < 1.29 is 0 Å². The molecule has 0 N–H and O–H groups in total. The largest absolute Gasteiger partial charge is 0.281 e. The highest BCUT2D eigenvalue weighted by Gasteiger charge is 2.35. The second-order valence-corrected chi connectivity index (χ2v) is 4.63. The lowest BCUT2D eigenvalue weighted by molar-refractivity contribution is 0.477. The summed E-state index contributed by atoms with van der Waals surface area (Å²) in [6.07, 6.45) is 8.65. The molecule has 0 aromatic rings. The van der Waals surface area contributed by atoms with E-state index >= 15 is 0 Å². The number of hydrogen-bond acceptors (Lipinski definition) is 3. The highest BCUT2D eigenvalue weighted by molar-refractivity contribution is 6.02. The third-order valence-corrected chi connectivity index (χ3v) is 3.26. The van der Waals surface area contributed by atoms with Crippen LogP contribution < -0.4 is 0 Å². The lowest BCUT2D eigenvalue weighted by Crippen LogP contribution is -2.42. The van der Waals surface area contributed by atoms with E-state index in [9.17, 15) is 0 Å². The molecule has 0 aromatic heterocycles. The highest BCUT2D eigenvalue weighted by Crippen LogP contribution is 2.29. The molecule has 80 valence electrons. The molecular formula is C12H17N3. The Morgan fingerprint density at radius 2 is 2.13 bits per heavy atom. The van der Waals surface area contributed by atoms with Gasteiger partial charge >= 0.3 is 0 Å². The van der Waals surface area contributed by atoms with Gasteiger partial charge in [0.15, 0.2) is 0 Å². The van der Waals surface area contributed by atoms with Gasteiger partial charge in [-0.15, -0.1) is 0 Å². The topological polar surface area (TPSA) is 37.1 Å². The maximum Gasteiger partial charge on any atom is 0.114 e. The summed E-state index contributed by atoms with van der Waals surface area (Å²) < 4.78 is 0. The molecule has 15 heavy (non-hydrogen) atoms. The highest BCUT2D eigenvalue weighted by atomic mass is 15.0. The van der Waals surface area contributed by atoms with Crippen molar-refractivity contribution in [2.24, 2.45) is 20.4 Å². The van der Waals surface area contributed by atoms with Crippen LogP contribution in [-0.4, -0.2) is 30.3 Å². The SMILES string of the molecule is CCC(C)(C)C1=NC=NC2C=CC=NC12. The first-order valence-corrected chi connectivity index (χ1v) is 5.45. The van der Waals surface area contributed by atoms with Crippen molar-refractivity contribution in [1.29, 1.82) is 0 Å². The quantitative estimate of drug-likeness (QED) is 0.660. The summed E-state index contributed by atoms with van der Waals surface area (Å²) in [5.74, 6) is 0. The van der Waals surface area contributed by atoms with Crippen LogP contribution in [0, 0.1) is 5.41 Å². The number of allylic oxidation sites excluding steroid dienone is 1. The molecule has 0 radical (unpaired) electrons. The first kappa shape index (κ1) is 10.3. The number of aliphatic imine (C=N–C) groups is 3. The Morgan fingerprint density at radius 1 is 1.33 bits per heavy atom. The van der Waals surface area contributed by atoms with Crippen molar-refractivity contribution in [1.82, 2.24) is 0 Å². The van der Waals surface area contributed by atoms with E-state index in [1.807, 2.05) is 12.3 Å². The third-order valence-electron chi connectivity index (χ3n) is 3.26. The van der Waals surface area contributed by atoms with Gasteiger partial charge in [0, 0.05) is 11.6 Å². The molecule has 3 nitrogen and oxygen atoms in total. The van der Waals surface area contributed by atoms with Gasteiger partial charge in [0.25, 0.3) is 0 Å². The summed E-state index contributed by atoms with van der Waals surface area (Å²) in [6.45, 7) is 6.62. The van der Waals surface area contributed by atoms with Crippen LogP contribution in [-0.2, 0) is 0 Å². The smallest absolute Gasteiger partial charge is 0.114 e. The van der Waals surface area contributed by atoms with E-state index in [4.69, 9.17) is 0 Å². The molecular weight excluding hydrogens is 186 g/mol. The van der Waals surface area contributed by atoms with Gasteiger partial charge in [0.1, 0.15) is 12.4 Å². The Labute approximate surface area is 90.7 Å². The van der Waals surface area contributed by atoms with Crippen molar-refractivity contribution in [3.8, 4) is 0 Å². The van der Waals surface area contributed by atoms with Crippen LogP contribution in [0.15, 0.2) is 27.1 Å². The normalized spacial score (nSPS) is 28.9. The molecule has 0 fully saturated rings. The van der Waals surface area contributed by atoms with Gasteiger partial charge in [0.05, 0.1) is 11.8 Å². The minimum atomic E-state index is 0.109. The van der Waals surface area contributed by atoms with Crippen LogP contribution in [0.1, 0.15) is 27.2 Å². The molecule has 2 atom stereocenters. The summed E-state index contributed by atoms with van der Waals surface area (Å²) in [5, 5.41) is 0. The van der Waals surface area contributed by atoms with E-state index in [1.54, 1.807) is 6.34 Å². The number of dihydropyridines is 1. The van der Waals surface area contributed by atoms with E-state index in [1.165, 1.54) is 0 Å². The van der Waals surface area contributed by atoms with E-state index in [-0.39, 0.29) is 17.5 Å². The summed E-state index contributed by atoms with van der Waals surface area (Å²) in [7, 11) is 0. The molecule has 0 bridgehead atoms. The van der Waals surface area contributed by atoms with Crippen LogP contribution in [0.25, 0.3) is 0 Å². The van der Waals surface area contributed by atoms with Crippen LogP contribution >= 0.6 is 0 Å². The second kappa shape index (κ2) is 3.72. The molecule has 2 heterocycles. The lowest BCUT2D eigenvalue weighted by Gasteiger charge is -2.33. The van der Waals surface area contributed by atoms with Crippen molar-refractivity contribution in [2.75, 3.05) is 0 Å². The third kappa shape index (κ3) is 1.78. The summed E-state index contributed by atoms with van der Waals surface area (Å²) >= 11 is 0. The van der Waals surface area contributed by atoms with Crippen molar-refractivity contribution >= 4 is 18.3 Å². The van der Waals surface area contributed by atoms with Gasteiger partial charge in [-0.1, -0.05) is 26.8 Å². The molecule has 2 aliphatic heterocycles. The fourth-order valence-corrected chi connectivity index (χ4v) is 1.87. The molecule has 2 aliphatic rings. The zero-order valence-electron chi connectivity index (χ0n) is 9.51. The average Bonchev–Trinajstić information content (AvgIpc) is 2.28. The Kier molecular flexibility index (Phi) is 2.55. The first-order chi connectivity index (χ1) is 7.15. The molecule has 0 saturated carbocycles. The predicted molar refractivity (Wildman–Crippen MR) is 65.2 cm³/mol. The monoisotopic (exact) mass is 203 g/mol. The van der Waals surface area contributed by atoms with Crippen LogP contribution in [0.2, 0.25) is 0 Å². The van der Waals surface area contributed by atoms with Gasteiger partial charge in [0.2, 0.25) is 0 Å². The van der Waals surface area contributed by atoms with Crippen molar-refractivity contribution in [3.63, 3.8) is 0 Å². The van der Waals surface area contributed by atoms with E-state index < -0.39 is 0 Å². The minimum absolute atomic E-state index is 0.109. The van der Waals surface area contributed by atoms with Gasteiger partial charge in [-0.25, -0.2) is 4.99 Å². The van der Waals surface area contributed by atoms with E-state index in [0.29, 0.717) is 0 Å². The predicted octanol–water partition coefficient (Wildman–Crippen LogP) is 2.28. The Bertz CT molecular complexity index is 361. The number of hydrogen-bond donors (Lipinski definition) is 0. The zero-order valence-corrected chi connectivity index (χ0v) is 9.51. The van der Waals surface area contributed by atoms with E-state index in [0.717, 1.165) is 12.1 Å². The zero-order chi connectivity index (χ0) is 10.9. The summed E-state index contributed by atoms with van der Waals surface area (Å²) in [5.41, 5.74) is 1.27. The molecule has 0 amide bonds.